The van der Waals surface area contributed by atoms with E-state index in [1.807, 2.05) is 6.20 Å². The van der Waals surface area contributed by atoms with E-state index in [0.717, 1.165) is 24.1 Å². The lowest BCUT2D eigenvalue weighted by Crippen LogP contribution is -2.38. The zero-order chi connectivity index (χ0) is 15.2. The average molecular weight is 354 g/mol. The summed E-state index contributed by atoms with van der Waals surface area (Å²) in [5.74, 6) is 1.84. The SMILES string of the molecule is CCNCc1cc(Br)cnc1N(CC(C)C)C1CCCC1. The van der Waals surface area contributed by atoms with Crippen LogP contribution in [0.15, 0.2) is 16.7 Å². The molecule has 3 nitrogen and oxygen atoms in total. The number of anilines is 1. The highest BCUT2D eigenvalue weighted by Crippen LogP contribution is 2.31. The molecular formula is C17H28BrN3. The molecule has 0 radical (unpaired) electrons. The number of aromatic nitrogens is 1. The van der Waals surface area contributed by atoms with E-state index < -0.39 is 0 Å². The van der Waals surface area contributed by atoms with Crippen LogP contribution in [0.5, 0.6) is 0 Å². The highest BCUT2D eigenvalue weighted by atomic mass is 79.9. The average Bonchev–Trinajstić information content (AvgIpc) is 2.97. The molecule has 0 aliphatic heterocycles. The number of rotatable bonds is 7. The summed E-state index contributed by atoms with van der Waals surface area (Å²) in [5.41, 5.74) is 1.30. The summed E-state index contributed by atoms with van der Waals surface area (Å²) in [4.78, 5) is 7.33. The van der Waals surface area contributed by atoms with Crippen molar-refractivity contribution in [2.24, 2.45) is 5.92 Å². The van der Waals surface area contributed by atoms with Crippen molar-refractivity contribution in [2.75, 3.05) is 18.0 Å². The Kier molecular flexibility index (Phi) is 6.49. The number of nitrogens with zero attached hydrogens (tertiary/aromatic N) is 2. The van der Waals surface area contributed by atoms with Gasteiger partial charge in [-0.3, -0.25) is 0 Å². The second-order valence-electron chi connectivity index (χ2n) is 6.40. The summed E-state index contributed by atoms with van der Waals surface area (Å²) in [7, 11) is 0. The third-order valence-corrected chi connectivity index (χ3v) is 4.51. The van der Waals surface area contributed by atoms with Crippen LogP contribution in [0.3, 0.4) is 0 Å². The van der Waals surface area contributed by atoms with E-state index in [9.17, 15) is 0 Å². The van der Waals surface area contributed by atoms with Crippen LogP contribution >= 0.6 is 15.9 Å². The first-order valence-corrected chi connectivity index (χ1v) is 9.03. The summed E-state index contributed by atoms with van der Waals surface area (Å²) >= 11 is 3.56. The second kappa shape index (κ2) is 8.14. The van der Waals surface area contributed by atoms with Gasteiger partial charge in [0, 0.05) is 35.4 Å². The smallest absolute Gasteiger partial charge is 0.133 e. The van der Waals surface area contributed by atoms with Gasteiger partial charge in [-0.1, -0.05) is 33.6 Å². The summed E-state index contributed by atoms with van der Waals surface area (Å²) in [5, 5.41) is 3.44. The number of halogens is 1. The van der Waals surface area contributed by atoms with Gasteiger partial charge in [-0.05, 0) is 47.3 Å². The Balaban J connectivity index is 2.28. The predicted molar refractivity (Wildman–Crippen MR) is 93.8 cm³/mol. The van der Waals surface area contributed by atoms with E-state index >= 15 is 0 Å². The second-order valence-corrected chi connectivity index (χ2v) is 7.32. The van der Waals surface area contributed by atoms with Crippen LogP contribution in [0, 0.1) is 5.92 Å². The first kappa shape index (κ1) is 16.8. The Labute approximate surface area is 137 Å². The Hall–Kier alpha value is -0.610. The highest BCUT2D eigenvalue weighted by Gasteiger charge is 2.26. The molecule has 1 saturated carbocycles. The minimum absolute atomic E-state index is 0.656. The van der Waals surface area contributed by atoms with Gasteiger partial charge in [0.1, 0.15) is 5.82 Å². The molecule has 118 valence electrons. The van der Waals surface area contributed by atoms with Crippen molar-refractivity contribution in [2.45, 2.75) is 59.0 Å². The fourth-order valence-electron chi connectivity index (χ4n) is 3.14. The maximum atomic E-state index is 4.77. The molecule has 1 fully saturated rings. The molecule has 21 heavy (non-hydrogen) atoms. The lowest BCUT2D eigenvalue weighted by Gasteiger charge is -2.33. The molecule has 1 aliphatic rings. The van der Waals surface area contributed by atoms with E-state index in [0.29, 0.717) is 12.0 Å². The number of pyridine rings is 1. The molecule has 1 heterocycles. The summed E-state index contributed by atoms with van der Waals surface area (Å²) in [6.07, 6.45) is 7.28. The Bertz CT molecular complexity index is 442. The Morgan fingerprint density at radius 1 is 1.38 bits per heavy atom. The Morgan fingerprint density at radius 3 is 2.71 bits per heavy atom. The summed E-state index contributed by atoms with van der Waals surface area (Å²) in [6, 6.07) is 2.88. The van der Waals surface area contributed by atoms with E-state index in [1.165, 1.54) is 37.1 Å². The van der Waals surface area contributed by atoms with E-state index in [1.54, 1.807) is 0 Å². The normalized spacial score (nSPS) is 15.9. The van der Waals surface area contributed by atoms with Crippen LogP contribution < -0.4 is 10.2 Å². The number of nitrogens with one attached hydrogen (secondary N) is 1. The zero-order valence-corrected chi connectivity index (χ0v) is 15.1. The van der Waals surface area contributed by atoms with Gasteiger partial charge in [0.25, 0.3) is 0 Å². The molecule has 1 aromatic rings. The molecule has 0 unspecified atom stereocenters. The van der Waals surface area contributed by atoms with Crippen LogP contribution in [0.1, 0.15) is 52.0 Å². The fourth-order valence-corrected chi connectivity index (χ4v) is 3.52. The minimum Gasteiger partial charge on any atom is -0.353 e. The van der Waals surface area contributed by atoms with Gasteiger partial charge in [-0.15, -0.1) is 0 Å². The third-order valence-electron chi connectivity index (χ3n) is 4.07. The first-order chi connectivity index (χ1) is 10.1. The molecule has 0 aromatic carbocycles. The van der Waals surface area contributed by atoms with Gasteiger partial charge in [-0.2, -0.15) is 0 Å². The fraction of sp³-hybridized carbons (Fsp3) is 0.706. The van der Waals surface area contributed by atoms with Crippen LogP contribution in [0.25, 0.3) is 0 Å². The molecule has 2 rings (SSSR count). The van der Waals surface area contributed by atoms with Gasteiger partial charge in [-0.25, -0.2) is 4.98 Å². The summed E-state index contributed by atoms with van der Waals surface area (Å²) in [6.45, 7) is 9.71. The van der Waals surface area contributed by atoms with Gasteiger partial charge in [0.2, 0.25) is 0 Å². The van der Waals surface area contributed by atoms with Crippen molar-refractivity contribution in [3.05, 3.63) is 22.3 Å². The molecule has 1 aliphatic carbocycles. The topological polar surface area (TPSA) is 28.2 Å². The number of hydrogen-bond acceptors (Lipinski definition) is 3. The van der Waals surface area contributed by atoms with E-state index in [2.05, 4.69) is 53.0 Å². The molecule has 0 amide bonds. The van der Waals surface area contributed by atoms with Gasteiger partial charge in [0.05, 0.1) is 0 Å². The van der Waals surface area contributed by atoms with Crippen LogP contribution in [-0.2, 0) is 6.54 Å². The first-order valence-electron chi connectivity index (χ1n) is 8.23. The predicted octanol–water partition coefficient (Wildman–Crippen LogP) is 4.36. The highest BCUT2D eigenvalue weighted by molar-refractivity contribution is 9.10. The maximum Gasteiger partial charge on any atom is 0.133 e. The molecule has 4 heteroatoms. The van der Waals surface area contributed by atoms with Crippen molar-refractivity contribution in [1.29, 1.82) is 0 Å². The zero-order valence-electron chi connectivity index (χ0n) is 13.5. The largest absolute Gasteiger partial charge is 0.353 e. The Morgan fingerprint density at radius 2 is 2.10 bits per heavy atom. The van der Waals surface area contributed by atoms with Crippen molar-refractivity contribution in [3.63, 3.8) is 0 Å². The molecule has 0 spiro atoms. The van der Waals surface area contributed by atoms with Crippen LogP contribution in [-0.4, -0.2) is 24.1 Å². The van der Waals surface area contributed by atoms with Gasteiger partial charge in [0.15, 0.2) is 0 Å². The molecule has 1 aromatic heterocycles. The van der Waals surface area contributed by atoms with E-state index in [-0.39, 0.29) is 0 Å². The van der Waals surface area contributed by atoms with Gasteiger partial charge < -0.3 is 10.2 Å². The third kappa shape index (κ3) is 4.68. The summed E-state index contributed by atoms with van der Waals surface area (Å²) < 4.78 is 1.06. The molecule has 0 atom stereocenters. The minimum atomic E-state index is 0.656. The quantitative estimate of drug-likeness (QED) is 0.789. The maximum absolute atomic E-state index is 4.77. The molecule has 0 bridgehead atoms. The van der Waals surface area contributed by atoms with Crippen LogP contribution in [0.4, 0.5) is 5.82 Å². The lowest BCUT2D eigenvalue weighted by molar-refractivity contribution is 0.528. The number of hydrogen-bond donors (Lipinski definition) is 1. The monoisotopic (exact) mass is 353 g/mol. The molecule has 1 N–H and O–H groups in total. The molecular weight excluding hydrogens is 326 g/mol. The van der Waals surface area contributed by atoms with E-state index in [4.69, 9.17) is 4.98 Å². The molecule has 0 saturated heterocycles. The van der Waals surface area contributed by atoms with Crippen molar-refractivity contribution < 1.29 is 0 Å². The van der Waals surface area contributed by atoms with Crippen LogP contribution in [0.2, 0.25) is 0 Å². The standard InChI is InChI=1S/C17H28BrN3/c1-4-19-10-14-9-15(18)11-20-17(14)21(12-13(2)3)16-7-5-6-8-16/h9,11,13,16,19H,4-8,10,12H2,1-3H3. The van der Waals surface area contributed by atoms with Crippen molar-refractivity contribution in [1.82, 2.24) is 10.3 Å². The lowest BCUT2D eigenvalue weighted by atomic mass is 10.1. The van der Waals surface area contributed by atoms with Gasteiger partial charge >= 0.3 is 0 Å². The van der Waals surface area contributed by atoms with Crippen molar-refractivity contribution in [3.8, 4) is 0 Å². The van der Waals surface area contributed by atoms with Crippen molar-refractivity contribution >= 4 is 21.7 Å².